The quantitative estimate of drug-likeness (QED) is 0.859. The zero-order chi connectivity index (χ0) is 15.9. The van der Waals surface area contributed by atoms with E-state index in [1.807, 2.05) is 0 Å². The summed E-state index contributed by atoms with van der Waals surface area (Å²) in [5.74, 6) is 0. The lowest BCUT2D eigenvalue weighted by Gasteiger charge is -2.28. The number of allylic oxidation sites excluding steroid dienone is 2. The lowest BCUT2D eigenvalue weighted by Crippen LogP contribution is -2.25. The van der Waals surface area contributed by atoms with Crippen molar-refractivity contribution in [3.8, 4) is 0 Å². The number of benzene rings is 1. The Balaban J connectivity index is 1.42. The Labute approximate surface area is 145 Å². The molecule has 1 fully saturated rings. The molecule has 2 heteroatoms. The molecule has 2 N–H and O–H groups in total. The van der Waals surface area contributed by atoms with Crippen LogP contribution in [-0.2, 0) is 13.0 Å². The van der Waals surface area contributed by atoms with E-state index in [9.17, 15) is 0 Å². The molecule has 0 saturated heterocycles. The highest BCUT2D eigenvalue weighted by Gasteiger charge is 2.31. The Morgan fingerprint density at radius 3 is 2.79 bits per heavy atom. The van der Waals surface area contributed by atoms with Gasteiger partial charge in [-0.2, -0.15) is 0 Å². The number of nitrogens with one attached hydrogen (secondary N) is 2. The van der Waals surface area contributed by atoms with Gasteiger partial charge in [-0.1, -0.05) is 31.0 Å². The zero-order valence-corrected chi connectivity index (χ0v) is 14.6. The Kier molecular flexibility index (Phi) is 3.74. The Hall–Kier alpha value is -1.54. The molecular weight excluding hydrogens is 292 g/mol. The lowest BCUT2D eigenvalue weighted by atomic mass is 9.84. The van der Waals surface area contributed by atoms with E-state index >= 15 is 0 Å². The van der Waals surface area contributed by atoms with Gasteiger partial charge >= 0.3 is 0 Å². The molecule has 1 aromatic rings. The first-order chi connectivity index (χ1) is 11.9. The van der Waals surface area contributed by atoms with E-state index in [0.717, 1.165) is 25.6 Å². The molecule has 126 valence electrons. The smallest absolute Gasteiger partial charge is 0.0458 e. The fraction of sp³-hybridized carbons (Fsp3) is 0.545. The summed E-state index contributed by atoms with van der Waals surface area (Å²) in [7, 11) is 0. The van der Waals surface area contributed by atoms with Gasteiger partial charge in [0.2, 0.25) is 0 Å². The van der Waals surface area contributed by atoms with Crippen molar-refractivity contribution in [2.24, 2.45) is 0 Å². The second kappa shape index (κ2) is 6.07. The van der Waals surface area contributed by atoms with Gasteiger partial charge in [-0.25, -0.2) is 0 Å². The predicted octanol–water partition coefficient (Wildman–Crippen LogP) is 4.46. The first kappa shape index (κ1) is 14.8. The van der Waals surface area contributed by atoms with Crippen LogP contribution in [0.4, 0.5) is 0 Å². The van der Waals surface area contributed by atoms with Crippen molar-refractivity contribution in [3.05, 3.63) is 51.6 Å². The number of hydrogen-bond acceptors (Lipinski definition) is 2. The van der Waals surface area contributed by atoms with Crippen LogP contribution < -0.4 is 10.6 Å². The molecule has 0 atom stereocenters. The Morgan fingerprint density at radius 2 is 1.88 bits per heavy atom. The van der Waals surface area contributed by atoms with Gasteiger partial charge in [-0.3, -0.25) is 0 Å². The van der Waals surface area contributed by atoms with E-state index in [2.05, 4.69) is 28.8 Å². The van der Waals surface area contributed by atoms with E-state index in [4.69, 9.17) is 0 Å². The molecule has 24 heavy (non-hydrogen) atoms. The highest BCUT2D eigenvalue weighted by molar-refractivity contribution is 5.81. The summed E-state index contributed by atoms with van der Waals surface area (Å²) in [4.78, 5) is 0. The third-order valence-electron chi connectivity index (χ3n) is 6.56. The second-order valence-corrected chi connectivity index (χ2v) is 7.98. The van der Waals surface area contributed by atoms with Gasteiger partial charge in [0.25, 0.3) is 0 Å². The van der Waals surface area contributed by atoms with E-state index in [0.29, 0.717) is 0 Å². The Bertz CT molecular complexity index is 719. The van der Waals surface area contributed by atoms with E-state index in [-0.39, 0.29) is 0 Å². The molecule has 4 aliphatic rings. The summed E-state index contributed by atoms with van der Waals surface area (Å²) in [5.41, 5.74) is 11.1. The minimum Gasteiger partial charge on any atom is -0.381 e. The van der Waals surface area contributed by atoms with Crippen LogP contribution in [0.5, 0.6) is 0 Å². The largest absolute Gasteiger partial charge is 0.381 e. The monoisotopic (exact) mass is 320 g/mol. The maximum atomic E-state index is 3.81. The van der Waals surface area contributed by atoms with Gasteiger partial charge in [0.1, 0.15) is 0 Å². The van der Waals surface area contributed by atoms with Crippen LogP contribution in [0.2, 0.25) is 0 Å². The second-order valence-electron chi connectivity index (χ2n) is 7.98. The summed E-state index contributed by atoms with van der Waals surface area (Å²) in [6.45, 7) is 2.12. The Morgan fingerprint density at radius 1 is 1.00 bits per heavy atom. The van der Waals surface area contributed by atoms with Crippen molar-refractivity contribution in [1.29, 1.82) is 0 Å². The minimum atomic E-state index is 0.746. The van der Waals surface area contributed by atoms with E-state index < -0.39 is 0 Å². The zero-order valence-electron chi connectivity index (χ0n) is 14.6. The van der Waals surface area contributed by atoms with Gasteiger partial charge in [0.05, 0.1) is 0 Å². The van der Waals surface area contributed by atoms with Gasteiger partial charge in [0, 0.05) is 36.8 Å². The minimum absolute atomic E-state index is 0.746. The molecule has 5 rings (SSSR count). The van der Waals surface area contributed by atoms with Crippen LogP contribution in [0.1, 0.15) is 68.1 Å². The lowest BCUT2D eigenvalue weighted by molar-refractivity contribution is 0.523. The molecule has 1 aromatic carbocycles. The van der Waals surface area contributed by atoms with Crippen LogP contribution in [0.25, 0.3) is 5.70 Å². The van der Waals surface area contributed by atoms with Gasteiger partial charge in [-0.15, -0.1) is 0 Å². The van der Waals surface area contributed by atoms with Crippen LogP contribution in [0.15, 0.2) is 34.9 Å². The van der Waals surface area contributed by atoms with Crippen molar-refractivity contribution >= 4 is 5.70 Å². The maximum absolute atomic E-state index is 3.81. The molecular formula is C22H28N2. The van der Waals surface area contributed by atoms with Gasteiger partial charge in [-0.05, 0) is 66.4 Å². The molecule has 0 amide bonds. The summed E-state index contributed by atoms with van der Waals surface area (Å²) >= 11 is 0. The third kappa shape index (κ3) is 2.43. The van der Waals surface area contributed by atoms with Crippen LogP contribution in [0.3, 0.4) is 0 Å². The SMILES string of the molecule is c1cc(CNC2CCCC2)c2c(c1)C1=C(C2)C2=C(CCCC2)CN1. The number of fused-ring (bicyclic) bond motifs is 3. The first-order valence-corrected chi connectivity index (χ1v) is 9.93. The third-order valence-corrected chi connectivity index (χ3v) is 6.56. The van der Waals surface area contributed by atoms with Crippen LogP contribution >= 0.6 is 0 Å². The molecule has 0 bridgehead atoms. The summed E-state index contributed by atoms with van der Waals surface area (Å²) < 4.78 is 0. The molecule has 0 unspecified atom stereocenters. The molecule has 2 nitrogen and oxygen atoms in total. The summed E-state index contributed by atoms with van der Waals surface area (Å²) in [6.07, 6.45) is 12.1. The van der Waals surface area contributed by atoms with Gasteiger partial charge < -0.3 is 10.6 Å². The average molecular weight is 320 g/mol. The molecule has 1 saturated carbocycles. The van der Waals surface area contributed by atoms with Crippen molar-refractivity contribution in [3.63, 3.8) is 0 Å². The standard InChI is InChI=1S/C22H28N2/c1-4-10-18-15(6-1)14-24-22-19-11-5-7-16(20(19)12-21(18)22)13-23-17-8-2-3-9-17/h5,7,11,17,23-24H,1-4,6,8-10,12-14H2. The number of rotatable bonds is 3. The van der Waals surface area contributed by atoms with Crippen LogP contribution in [0, 0.1) is 0 Å². The van der Waals surface area contributed by atoms with Crippen molar-refractivity contribution in [2.45, 2.75) is 70.4 Å². The normalized spacial score (nSPS) is 23.2. The number of dihydropyridines is 1. The average Bonchev–Trinajstić information content (AvgIpc) is 3.27. The molecule has 3 aliphatic carbocycles. The molecule has 0 radical (unpaired) electrons. The van der Waals surface area contributed by atoms with Crippen LogP contribution in [-0.4, -0.2) is 12.6 Å². The number of hydrogen-bond donors (Lipinski definition) is 2. The molecule has 1 heterocycles. The fourth-order valence-electron chi connectivity index (χ4n) is 5.24. The fourth-order valence-corrected chi connectivity index (χ4v) is 5.24. The van der Waals surface area contributed by atoms with Crippen molar-refractivity contribution in [1.82, 2.24) is 10.6 Å². The summed E-state index contributed by atoms with van der Waals surface area (Å²) in [5, 5.41) is 7.58. The van der Waals surface area contributed by atoms with Crippen molar-refractivity contribution < 1.29 is 0 Å². The van der Waals surface area contributed by atoms with E-state index in [1.165, 1.54) is 68.2 Å². The van der Waals surface area contributed by atoms with Gasteiger partial charge in [0.15, 0.2) is 0 Å². The topological polar surface area (TPSA) is 24.1 Å². The molecule has 0 aromatic heterocycles. The summed E-state index contributed by atoms with van der Waals surface area (Å²) in [6, 6.07) is 7.68. The molecule has 1 aliphatic heterocycles. The highest BCUT2D eigenvalue weighted by Crippen LogP contribution is 2.43. The maximum Gasteiger partial charge on any atom is 0.0458 e. The van der Waals surface area contributed by atoms with Crippen molar-refractivity contribution in [2.75, 3.05) is 6.54 Å². The van der Waals surface area contributed by atoms with E-state index in [1.54, 1.807) is 22.3 Å². The molecule has 0 spiro atoms. The predicted molar refractivity (Wildman–Crippen MR) is 99.7 cm³/mol. The highest BCUT2D eigenvalue weighted by atomic mass is 14.9. The first-order valence-electron chi connectivity index (χ1n) is 9.93.